The van der Waals surface area contributed by atoms with Crippen LogP contribution in [-0.4, -0.2) is 68.8 Å². The molecule has 0 saturated heterocycles. The van der Waals surface area contributed by atoms with E-state index >= 15 is 0 Å². The molecule has 15 heteroatoms. The second-order valence-corrected chi connectivity index (χ2v) is 17.5. The van der Waals surface area contributed by atoms with Crippen molar-refractivity contribution in [3.63, 3.8) is 0 Å². The van der Waals surface area contributed by atoms with Crippen LogP contribution in [-0.2, 0) is 41.3 Å². The van der Waals surface area contributed by atoms with E-state index in [1.165, 1.54) is 45.4 Å². The fourth-order valence-corrected chi connectivity index (χ4v) is 8.59. The van der Waals surface area contributed by atoms with Gasteiger partial charge in [0, 0.05) is 37.3 Å². The molecular weight excluding hydrogens is 947 g/mol. The molecule has 7 rings (SSSR count). The Hall–Kier alpha value is -8.53. The first-order chi connectivity index (χ1) is 35.6. The third-order valence-corrected chi connectivity index (χ3v) is 12.7. The Morgan fingerprint density at radius 1 is 0.514 bits per heavy atom. The highest BCUT2D eigenvalue weighted by molar-refractivity contribution is 5.84. The Kier molecular flexibility index (Phi) is 17.1. The number of carbonyl (C=O) groups excluding carboxylic acids is 3. The highest BCUT2D eigenvalue weighted by Gasteiger charge is 2.45. The lowest BCUT2D eigenvalue weighted by Crippen LogP contribution is -2.45. The summed E-state index contributed by atoms with van der Waals surface area (Å²) >= 11 is 0. The van der Waals surface area contributed by atoms with Crippen molar-refractivity contribution >= 4 is 23.4 Å². The van der Waals surface area contributed by atoms with Gasteiger partial charge >= 0.3 is 17.9 Å². The van der Waals surface area contributed by atoms with E-state index in [0.717, 1.165) is 33.8 Å². The zero-order chi connectivity index (χ0) is 52.9. The molecule has 7 aromatic rings. The molecule has 382 valence electrons. The van der Waals surface area contributed by atoms with Crippen LogP contribution in [0.25, 0.3) is 0 Å². The summed E-state index contributed by atoms with van der Waals surface area (Å²) in [5.41, 5.74) is 2.76. The molecule has 7 aromatic carbocycles. The van der Waals surface area contributed by atoms with Gasteiger partial charge in [-0.05, 0) is 125 Å². The van der Waals surface area contributed by atoms with Gasteiger partial charge in [0.15, 0.2) is 11.4 Å². The number of hydrogen-bond donors (Lipinski definition) is 1. The summed E-state index contributed by atoms with van der Waals surface area (Å²) in [5, 5.41) is 23.0. The van der Waals surface area contributed by atoms with Crippen LogP contribution < -0.4 is 28.4 Å². The monoisotopic (exact) mass is 1000 g/mol. The van der Waals surface area contributed by atoms with Gasteiger partial charge in [-0.3, -0.25) is 29.2 Å². The minimum atomic E-state index is -2.59. The number of nitrogens with zero attached hydrogens (tertiary/aromatic N) is 1. The van der Waals surface area contributed by atoms with Crippen molar-refractivity contribution in [3.05, 3.63) is 219 Å². The maximum atomic E-state index is 13.6. The van der Waals surface area contributed by atoms with Crippen LogP contribution in [0.2, 0.25) is 0 Å². The molecule has 0 amide bonds. The van der Waals surface area contributed by atoms with Gasteiger partial charge in [0.05, 0.1) is 39.8 Å². The zero-order valence-electron chi connectivity index (χ0n) is 41.9. The number of ketones is 1. The van der Waals surface area contributed by atoms with Gasteiger partial charge in [0.1, 0.15) is 41.1 Å². The molecule has 0 aliphatic carbocycles. The van der Waals surface area contributed by atoms with Crippen LogP contribution in [0, 0.1) is 10.1 Å². The van der Waals surface area contributed by atoms with Gasteiger partial charge in [0.25, 0.3) is 5.69 Å². The Morgan fingerprint density at radius 3 is 1.42 bits per heavy atom. The molecule has 0 aromatic heterocycles. The van der Waals surface area contributed by atoms with Gasteiger partial charge < -0.3 is 38.3 Å². The number of carbonyl (C=O) groups is 3. The molecule has 0 fully saturated rings. The van der Waals surface area contributed by atoms with E-state index in [0.29, 0.717) is 33.9 Å². The van der Waals surface area contributed by atoms with Gasteiger partial charge in [-0.1, -0.05) is 84.9 Å². The molecule has 15 nitrogen and oxygen atoms in total. The lowest BCUT2D eigenvalue weighted by Gasteiger charge is -2.40. The Labute approximate surface area is 429 Å². The van der Waals surface area contributed by atoms with E-state index in [4.69, 9.17) is 37.9 Å². The maximum Gasteiger partial charge on any atom is 0.325 e. The van der Waals surface area contributed by atoms with E-state index < -0.39 is 40.3 Å². The highest BCUT2D eigenvalue weighted by atomic mass is 16.8. The Morgan fingerprint density at radius 2 is 0.959 bits per heavy atom. The van der Waals surface area contributed by atoms with E-state index in [1.54, 1.807) is 93.1 Å². The SMILES string of the molecule is COc1ccc(C(C)(c2ccc(OC)cc2)c2cccc(OCC(=O)CCC(=O)OC(C)(O)OC(c3ccc(CCC(=O)Oc4ccc([N+](=O)[O-])cc4)cc3)(c3ccc(OC)cc3)c3ccc(OC)cc3)c2)cc1. The number of non-ortho nitro benzene ring substituents is 1. The lowest BCUT2D eigenvalue weighted by atomic mass is 9.71. The Bertz CT molecular complexity index is 2910. The molecule has 74 heavy (non-hydrogen) atoms. The van der Waals surface area contributed by atoms with Crippen molar-refractivity contribution in [2.75, 3.05) is 35.0 Å². The molecule has 1 N–H and O–H groups in total. The van der Waals surface area contributed by atoms with Crippen LogP contribution >= 0.6 is 0 Å². The van der Waals surface area contributed by atoms with Gasteiger partial charge in [0.2, 0.25) is 0 Å². The summed E-state index contributed by atoms with van der Waals surface area (Å²) in [7, 11) is 6.30. The van der Waals surface area contributed by atoms with Crippen LogP contribution in [0.5, 0.6) is 34.5 Å². The molecule has 0 spiro atoms. The average molecular weight is 1000 g/mol. The summed E-state index contributed by atoms with van der Waals surface area (Å²) < 4.78 is 45.5. The predicted molar refractivity (Wildman–Crippen MR) is 275 cm³/mol. The van der Waals surface area contributed by atoms with Crippen molar-refractivity contribution in [3.8, 4) is 34.5 Å². The molecule has 0 heterocycles. The third-order valence-electron chi connectivity index (χ3n) is 12.7. The average Bonchev–Trinajstić information content (AvgIpc) is 3.43. The quantitative estimate of drug-likeness (QED) is 0.0150. The molecule has 0 radical (unpaired) electrons. The minimum Gasteiger partial charge on any atom is -0.497 e. The van der Waals surface area contributed by atoms with Crippen molar-refractivity contribution in [2.24, 2.45) is 0 Å². The molecule has 0 aliphatic rings. The number of aliphatic hydroxyl groups is 1. The topological polar surface area (TPSA) is 188 Å². The van der Waals surface area contributed by atoms with E-state index in [9.17, 15) is 29.6 Å². The van der Waals surface area contributed by atoms with Gasteiger partial charge in [-0.2, -0.15) is 0 Å². The summed E-state index contributed by atoms with van der Waals surface area (Å²) in [5.74, 6) is -1.24. The molecule has 1 atom stereocenters. The van der Waals surface area contributed by atoms with Crippen LogP contribution in [0.4, 0.5) is 5.69 Å². The number of methoxy groups -OCH3 is 4. The number of rotatable bonds is 24. The number of ether oxygens (including phenoxy) is 8. The summed E-state index contributed by atoms with van der Waals surface area (Å²) in [6.07, 6.45) is -0.369. The standard InChI is InChI=1S/C59H57NO14/c1-57(41-15-26-49(67-3)27-16-41,42-17-28-50(68-4)29-18-42)46-8-7-9-54(38-46)71-39-48(61)25-37-56(63)73-58(2,64)74-59(44-19-30-51(69-5)31-20-44,45-21-32-52(70-6)33-22-45)43-13-10-40(11-14-43)12-36-55(62)72-53-34-23-47(24-35-53)60(65)66/h7-11,13-24,26-35,38,64H,12,25,36-37,39H2,1-6H3. The van der Waals surface area contributed by atoms with Crippen molar-refractivity contribution in [1.29, 1.82) is 0 Å². The van der Waals surface area contributed by atoms with E-state index in [2.05, 4.69) is 6.92 Å². The first-order valence-electron chi connectivity index (χ1n) is 23.6. The van der Waals surface area contributed by atoms with Crippen molar-refractivity contribution in [2.45, 2.75) is 56.5 Å². The number of nitro groups is 1. The third kappa shape index (κ3) is 12.7. The summed E-state index contributed by atoms with van der Waals surface area (Å²) in [4.78, 5) is 50.2. The normalized spacial score (nSPS) is 12.1. The van der Waals surface area contributed by atoms with Crippen LogP contribution in [0.3, 0.4) is 0 Å². The Balaban J connectivity index is 1.06. The first-order valence-corrected chi connectivity index (χ1v) is 23.6. The fraction of sp³-hybridized carbons (Fsp3) is 0.237. The number of esters is 2. The molecule has 0 saturated carbocycles. The molecule has 0 aliphatic heterocycles. The van der Waals surface area contributed by atoms with Crippen LogP contribution in [0.15, 0.2) is 170 Å². The number of aryl methyl sites for hydroxylation is 1. The van der Waals surface area contributed by atoms with Crippen LogP contribution in [0.1, 0.15) is 72.1 Å². The number of Topliss-reactive ketones (excluding diaryl/α,β-unsaturated/α-hetero) is 1. The van der Waals surface area contributed by atoms with Crippen molar-refractivity contribution in [1.82, 2.24) is 0 Å². The zero-order valence-corrected chi connectivity index (χ0v) is 41.9. The fourth-order valence-electron chi connectivity index (χ4n) is 8.59. The number of benzene rings is 7. The first kappa shape index (κ1) is 53.3. The van der Waals surface area contributed by atoms with Gasteiger partial charge in [-0.25, -0.2) is 0 Å². The predicted octanol–water partition coefficient (Wildman–Crippen LogP) is 10.5. The molecule has 0 bridgehead atoms. The number of hydrogen-bond acceptors (Lipinski definition) is 14. The van der Waals surface area contributed by atoms with E-state index in [-0.39, 0.29) is 43.1 Å². The van der Waals surface area contributed by atoms with Gasteiger partial charge in [-0.15, -0.1) is 0 Å². The second kappa shape index (κ2) is 23.8. The minimum absolute atomic E-state index is 0.00234. The second-order valence-electron chi connectivity index (χ2n) is 17.5. The highest BCUT2D eigenvalue weighted by Crippen LogP contribution is 2.45. The number of nitro benzene ring substituents is 1. The lowest BCUT2D eigenvalue weighted by molar-refractivity contribution is -0.384. The smallest absolute Gasteiger partial charge is 0.325 e. The van der Waals surface area contributed by atoms with Crippen molar-refractivity contribution < 1.29 is 62.3 Å². The molecular formula is C59H57NO14. The summed E-state index contributed by atoms with van der Waals surface area (Å²) in [6, 6.07) is 49.5. The largest absolute Gasteiger partial charge is 0.497 e. The molecule has 1 unspecified atom stereocenters. The maximum absolute atomic E-state index is 13.6. The van der Waals surface area contributed by atoms with E-state index in [1.807, 2.05) is 66.7 Å². The summed E-state index contributed by atoms with van der Waals surface area (Å²) in [6.45, 7) is 2.97.